The molecule has 24 heavy (non-hydrogen) atoms. The summed E-state index contributed by atoms with van der Waals surface area (Å²) < 4.78 is 0.741. The smallest absolute Gasteiger partial charge is 0.259 e. The first-order valence-electron chi connectivity index (χ1n) is 6.82. The van der Waals surface area contributed by atoms with E-state index in [1.54, 1.807) is 24.5 Å². The van der Waals surface area contributed by atoms with Crippen molar-refractivity contribution in [3.8, 4) is 0 Å². The van der Waals surface area contributed by atoms with Crippen molar-refractivity contribution < 1.29 is 4.79 Å². The van der Waals surface area contributed by atoms with Crippen LogP contribution in [0.5, 0.6) is 0 Å². The van der Waals surface area contributed by atoms with Crippen LogP contribution in [0.1, 0.15) is 20.8 Å². The number of hydrogen-bond acceptors (Lipinski definition) is 4. The van der Waals surface area contributed by atoms with Gasteiger partial charge in [-0.05, 0) is 33.6 Å². The van der Waals surface area contributed by atoms with Gasteiger partial charge in [0.2, 0.25) is 0 Å². The van der Waals surface area contributed by atoms with Gasteiger partial charge in [0.1, 0.15) is 0 Å². The molecule has 3 rings (SSSR count). The highest BCUT2D eigenvalue weighted by atomic mass is 79.9. The zero-order chi connectivity index (χ0) is 17.1. The van der Waals surface area contributed by atoms with Gasteiger partial charge in [0.15, 0.2) is 5.13 Å². The first kappa shape index (κ1) is 17.4. The molecule has 0 radical (unpaired) electrons. The summed E-state index contributed by atoms with van der Waals surface area (Å²) in [6.45, 7) is 0. The van der Waals surface area contributed by atoms with Gasteiger partial charge >= 0.3 is 0 Å². The van der Waals surface area contributed by atoms with Crippen LogP contribution in [-0.4, -0.2) is 15.9 Å². The van der Waals surface area contributed by atoms with E-state index in [9.17, 15) is 4.79 Å². The molecule has 0 atom stereocenters. The number of pyridine rings is 1. The number of hydrogen-bond donors (Lipinski definition) is 1. The fraction of sp³-hybridized carbons (Fsp3) is 0.0625. The second kappa shape index (κ2) is 7.61. The number of thiazole rings is 1. The SMILES string of the molecule is O=C(Nc1ncc(Cc2cccc(Cl)c2Cl)s1)c1cncc(Br)c1. The highest BCUT2D eigenvalue weighted by Gasteiger charge is 2.12. The van der Waals surface area contributed by atoms with Crippen molar-refractivity contribution in [2.45, 2.75) is 6.42 Å². The van der Waals surface area contributed by atoms with Gasteiger partial charge in [-0.25, -0.2) is 4.98 Å². The summed E-state index contributed by atoms with van der Waals surface area (Å²) in [6, 6.07) is 7.22. The Bertz CT molecular complexity index is 901. The van der Waals surface area contributed by atoms with Crippen molar-refractivity contribution in [2.75, 3.05) is 5.32 Å². The minimum atomic E-state index is -0.259. The average Bonchev–Trinajstić information content (AvgIpc) is 2.99. The second-order valence-electron chi connectivity index (χ2n) is 4.87. The molecule has 3 aromatic rings. The Hall–Kier alpha value is -1.47. The third-order valence-corrected chi connectivity index (χ3v) is 5.34. The maximum atomic E-state index is 12.2. The Morgan fingerprint density at radius 2 is 2.08 bits per heavy atom. The van der Waals surface area contributed by atoms with Crippen molar-refractivity contribution in [1.82, 2.24) is 9.97 Å². The van der Waals surface area contributed by atoms with Gasteiger partial charge in [-0.2, -0.15) is 0 Å². The van der Waals surface area contributed by atoms with Crippen molar-refractivity contribution in [3.63, 3.8) is 0 Å². The van der Waals surface area contributed by atoms with Crippen LogP contribution in [0.3, 0.4) is 0 Å². The lowest BCUT2D eigenvalue weighted by molar-refractivity contribution is 0.102. The first-order chi connectivity index (χ1) is 11.5. The van der Waals surface area contributed by atoms with E-state index in [0.29, 0.717) is 27.2 Å². The summed E-state index contributed by atoms with van der Waals surface area (Å²) in [7, 11) is 0. The molecule has 4 nitrogen and oxygen atoms in total. The first-order valence-corrected chi connectivity index (χ1v) is 9.19. The maximum Gasteiger partial charge on any atom is 0.259 e. The van der Waals surface area contributed by atoms with Crippen LogP contribution in [0, 0.1) is 0 Å². The number of halogens is 3. The quantitative estimate of drug-likeness (QED) is 0.584. The lowest BCUT2D eigenvalue weighted by atomic mass is 10.1. The molecule has 0 spiro atoms. The number of carbonyl (C=O) groups is 1. The standard InChI is InChI=1S/C16H10BrCl2N3OS/c17-11-4-10(6-20-7-11)15(23)22-16-21-8-12(24-16)5-9-2-1-3-13(18)14(9)19/h1-4,6-8H,5H2,(H,21,22,23). The van der Waals surface area contributed by atoms with E-state index in [1.165, 1.54) is 17.5 Å². The number of nitrogens with zero attached hydrogens (tertiary/aromatic N) is 2. The summed E-state index contributed by atoms with van der Waals surface area (Å²) >= 11 is 16.9. The van der Waals surface area contributed by atoms with E-state index in [-0.39, 0.29) is 5.91 Å². The van der Waals surface area contributed by atoms with Crippen LogP contribution < -0.4 is 5.32 Å². The number of nitrogens with one attached hydrogen (secondary N) is 1. The third-order valence-electron chi connectivity index (χ3n) is 3.14. The molecule has 8 heteroatoms. The molecule has 0 fully saturated rings. The van der Waals surface area contributed by atoms with E-state index >= 15 is 0 Å². The molecular weight excluding hydrogens is 433 g/mol. The van der Waals surface area contributed by atoms with Crippen molar-refractivity contribution in [1.29, 1.82) is 0 Å². The minimum Gasteiger partial charge on any atom is -0.298 e. The molecule has 0 bridgehead atoms. The molecule has 0 saturated heterocycles. The molecule has 2 heterocycles. The van der Waals surface area contributed by atoms with Crippen LogP contribution in [0.25, 0.3) is 0 Å². The maximum absolute atomic E-state index is 12.2. The van der Waals surface area contributed by atoms with Gasteiger partial charge in [-0.1, -0.05) is 35.3 Å². The molecule has 0 aliphatic carbocycles. The van der Waals surface area contributed by atoms with E-state index in [1.807, 2.05) is 12.1 Å². The third kappa shape index (κ3) is 4.13. The van der Waals surface area contributed by atoms with Crippen LogP contribution in [0.15, 0.2) is 47.3 Å². The zero-order valence-corrected chi connectivity index (χ0v) is 16.0. The predicted molar refractivity (Wildman–Crippen MR) is 101 cm³/mol. The zero-order valence-electron chi connectivity index (χ0n) is 12.1. The summed E-state index contributed by atoms with van der Waals surface area (Å²) in [4.78, 5) is 21.4. The molecular formula is C16H10BrCl2N3OS. The monoisotopic (exact) mass is 441 g/mol. The molecule has 1 aromatic carbocycles. The van der Waals surface area contributed by atoms with Gasteiger partial charge in [-0.15, -0.1) is 11.3 Å². The van der Waals surface area contributed by atoms with Crippen molar-refractivity contribution in [2.24, 2.45) is 0 Å². The van der Waals surface area contributed by atoms with E-state index in [2.05, 4.69) is 31.2 Å². The minimum absolute atomic E-state index is 0.259. The Morgan fingerprint density at radius 3 is 2.88 bits per heavy atom. The fourth-order valence-corrected chi connectivity index (χ4v) is 3.61. The molecule has 0 unspecified atom stereocenters. The van der Waals surface area contributed by atoms with Crippen LogP contribution >= 0.6 is 50.5 Å². The molecule has 1 N–H and O–H groups in total. The normalized spacial score (nSPS) is 10.6. The molecule has 0 saturated carbocycles. The Balaban J connectivity index is 1.72. The van der Waals surface area contributed by atoms with E-state index in [4.69, 9.17) is 23.2 Å². The van der Waals surface area contributed by atoms with Gasteiger partial charge in [0.05, 0.1) is 15.6 Å². The second-order valence-corrected chi connectivity index (χ2v) is 7.68. The van der Waals surface area contributed by atoms with Crippen LogP contribution in [-0.2, 0) is 6.42 Å². The fourth-order valence-electron chi connectivity index (χ4n) is 2.03. The molecule has 2 aromatic heterocycles. The molecule has 0 aliphatic heterocycles. The van der Waals surface area contributed by atoms with E-state index < -0.39 is 0 Å². The molecule has 0 aliphatic rings. The number of aromatic nitrogens is 2. The number of amides is 1. The summed E-state index contributed by atoms with van der Waals surface area (Å²) in [6.07, 6.45) is 5.44. The number of benzene rings is 1. The van der Waals surface area contributed by atoms with Crippen LogP contribution in [0.4, 0.5) is 5.13 Å². The lowest BCUT2D eigenvalue weighted by Gasteiger charge is -2.03. The van der Waals surface area contributed by atoms with Gasteiger partial charge in [-0.3, -0.25) is 15.1 Å². The predicted octanol–water partition coefficient (Wildman–Crippen LogP) is 5.45. The summed E-state index contributed by atoms with van der Waals surface area (Å²) in [5.74, 6) is -0.259. The van der Waals surface area contributed by atoms with Gasteiger partial charge < -0.3 is 0 Å². The van der Waals surface area contributed by atoms with Crippen LogP contribution in [0.2, 0.25) is 10.0 Å². The highest BCUT2D eigenvalue weighted by Crippen LogP contribution is 2.29. The number of carbonyl (C=O) groups excluding carboxylic acids is 1. The summed E-state index contributed by atoms with van der Waals surface area (Å²) in [5, 5.41) is 4.35. The Kier molecular flexibility index (Phi) is 5.50. The molecule has 1 amide bonds. The Labute approximate surface area is 161 Å². The largest absolute Gasteiger partial charge is 0.298 e. The molecule has 122 valence electrons. The highest BCUT2D eigenvalue weighted by molar-refractivity contribution is 9.10. The lowest BCUT2D eigenvalue weighted by Crippen LogP contribution is -2.11. The van der Waals surface area contributed by atoms with E-state index in [0.717, 1.165) is 14.9 Å². The Morgan fingerprint density at radius 1 is 1.25 bits per heavy atom. The van der Waals surface area contributed by atoms with Crippen molar-refractivity contribution >= 4 is 61.5 Å². The summed E-state index contributed by atoms with van der Waals surface area (Å²) in [5.41, 5.74) is 1.38. The average molecular weight is 443 g/mol. The number of rotatable bonds is 4. The van der Waals surface area contributed by atoms with Crippen molar-refractivity contribution in [3.05, 3.63) is 73.4 Å². The van der Waals surface area contributed by atoms with Gasteiger partial charge in [0.25, 0.3) is 5.91 Å². The topological polar surface area (TPSA) is 54.9 Å². The van der Waals surface area contributed by atoms with Gasteiger partial charge in [0, 0.05) is 34.4 Å². The number of anilines is 1.